The van der Waals surface area contributed by atoms with E-state index in [2.05, 4.69) is 5.32 Å². The number of thiophene rings is 1. The minimum absolute atomic E-state index is 0.167. The van der Waals surface area contributed by atoms with Gasteiger partial charge in [-0.2, -0.15) is 0 Å². The summed E-state index contributed by atoms with van der Waals surface area (Å²) in [5.41, 5.74) is 0.559. The van der Waals surface area contributed by atoms with E-state index in [9.17, 15) is 9.59 Å². The first-order valence-corrected chi connectivity index (χ1v) is 8.87. The molecule has 0 saturated heterocycles. The molecular formula is C17H17Cl2NO3S. The van der Waals surface area contributed by atoms with Crippen molar-refractivity contribution in [3.05, 3.63) is 40.2 Å². The maximum atomic E-state index is 12.4. The molecule has 0 aliphatic carbocycles. The Morgan fingerprint density at radius 1 is 1.25 bits per heavy atom. The first kappa shape index (κ1) is 18.8. The summed E-state index contributed by atoms with van der Waals surface area (Å²) in [6.07, 6.45) is 0. The molecule has 0 fully saturated rings. The lowest BCUT2D eigenvalue weighted by Crippen LogP contribution is -2.32. The lowest BCUT2D eigenvalue weighted by molar-refractivity contribution is -0.122. The zero-order valence-corrected chi connectivity index (χ0v) is 15.8. The summed E-state index contributed by atoms with van der Waals surface area (Å²) in [6.45, 7) is 3.47. The van der Waals surface area contributed by atoms with Gasteiger partial charge in [0.05, 0.1) is 18.2 Å². The minimum Gasteiger partial charge on any atom is -0.465 e. The van der Waals surface area contributed by atoms with Crippen molar-refractivity contribution < 1.29 is 14.3 Å². The highest BCUT2D eigenvalue weighted by Crippen LogP contribution is 2.36. The number of hydrogen-bond donors (Lipinski definition) is 1. The molecule has 1 aromatic heterocycles. The molecule has 4 nitrogen and oxygen atoms in total. The Hall–Kier alpha value is -1.56. The second-order valence-electron chi connectivity index (χ2n) is 5.82. The Balaban J connectivity index is 2.41. The van der Waals surface area contributed by atoms with Crippen LogP contribution in [0, 0.1) is 5.41 Å². The first-order valence-electron chi connectivity index (χ1n) is 7.14. The smallest absolute Gasteiger partial charge is 0.350 e. The van der Waals surface area contributed by atoms with Crippen molar-refractivity contribution >= 4 is 52.1 Å². The quantitative estimate of drug-likeness (QED) is 0.577. The molecule has 1 N–H and O–H groups in total. The van der Waals surface area contributed by atoms with Crippen molar-refractivity contribution in [2.45, 2.75) is 13.8 Å². The summed E-state index contributed by atoms with van der Waals surface area (Å²) in [7, 11) is 1.30. The Kier molecular flexibility index (Phi) is 5.91. The fraction of sp³-hybridized carbons (Fsp3) is 0.294. The number of methoxy groups -OCH3 is 1. The van der Waals surface area contributed by atoms with Gasteiger partial charge in [-0.05, 0) is 37.6 Å². The Bertz CT molecular complexity index is 754. The fourth-order valence-corrected chi connectivity index (χ4v) is 3.12. The molecule has 1 amide bonds. The molecule has 0 bridgehead atoms. The molecule has 0 unspecified atom stereocenters. The summed E-state index contributed by atoms with van der Waals surface area (Å²) in [6, 6.07) is 8.99. The monoisotopic (exact) mass is 385 g/mol. The molecule has 0 radical (unpaired) electrons. The van der Waals surface area contributed by atoms with Gasteiger partial charge in [-0.1, -0.05) is 23.7 Å². The largest absolute Gasteiger partial charge is 0.465 e. The number of carbonyl (C=O) groups is 2. The van der Waals surface area contributed by atoms with Crippen LogP contribution in [0.15, 0.2) is 30.3 Å². The van der Waals surface area contributed by atoms with Crippen molar-refractivity contribution in [3.63, 3.8) is 0 Å². The number of benzene rings is 1. The number of esters is 1. The van der Waals surface area contributed by atoms with E-state index in [-0.39, 0.29) is 11.8 Å². The van der Waals surface area contributed by atoms with E-state index in [1.165, 1.54) is 18.4 Å². The molecule has 0 saturated carbocycles. The van der Waals surface area contributed by atoms with Crippen LogP contribution in [0.4, 0.5) is 5.69 Å². The van der Waals surface area contributed by atoms with Crippen LogP contribution < -0.4 is 5.32 Å². The number of halogens is 2. The molecule has 0 aliphatic heterocycles. The van der Waals surface area contributed by atoms with Crippen LogP contribution >= 0.6 is 34.5 Å². The van der Waals surface area contributed by atoms with Crippen molar-refractivity contribution in [2.24, 2.45) is 5.41 Å². The van der Waals surface area contributed by atoms with Gasteiger partial charge in [0.1, 0.15) is 4.88 Å². The van der Waals surface area contributed by atoms with E-state index in [4.69, 9.17) is 27.9 Å². The topological polar surface area (TPSA) is 55.4 Å². The van der Waals surface area contributed by atoms with Crippen molar-refractivity contribution in [1.82, 2.24) is 0 Å². The van der Waals surface area contributed by atoms with Crippen LogP contribution in [0.5, 0.6) is 0 Å². The molecule has 7 heteroatoms. The van der Waals surface area contributed by atoms with E-state index in [1.807, 2.05) is 12.1 Å². The van der Waals surface area contributed by atoms with Gasteiger partial charge in [-0.25, -0.2) is 4.79 Å². The number of anilines is 1. The highest BCUT2D eigenvalue weighted by atomic mass is 35.5. The maximum Gasteiger partial charge on any atom is 0.350 e. The van der Waals surface area contributed by atoms with Crippen LogP contribution in [-0.4, -0.2) is 24.9 Å². The summed E-state index contributed by atoms with van der Waals surface area (Å²) in [5.74, 6) is -0.595. The second kappa shape index (κ2) is 7.55. The minimum atomic E-state index is -0.753. The predicted molar refractivity (Wildman–Crippen MR) is 99.2 cm³/mol. The van der Waals surface area contributed by atoms with Crippen molar-refractivity contribution in [3.8, 4) is 10.4 Å². The molecule has 0 atom stereocenters. The fourth-order valence-electron chi connectivity index (χ4n) is 1.84. The summed E-state index contributed by atoms with van der Waals surface area (Å²) in [5, 5.41) is 3.40. The van der Waals surface area contributed by atoms with Crippen LogP contribution in [0.1, 0.15) is 23.5 Å². The summed E-state index contributed by atoms with van der Waals surface area (Å²) in [4.78, 5) is 25.5. The number of rotatable bonds is 5. The van der Waals surface area contributed by atoms with Gasteiger partial charge in [-0.3, -0.25) is 4.79 Å². The van der Waals surface area contributed by atoms with Gasteiger partial charge < -0.3 is 10.1 Å². The van der Waals surface area contributed by atoms with Crippen LogP contribution in [0.25, 0.3) is 10.4 Å². The molecule has 0 spiro atoms. The van der Waals surface area contributed by atoms with Gasteiger partial charge in [-0.15, -0.1) is 22.9 Å². The molecule has 2 aromatic rings. The van der Waals surface area contributed by atoms with Gasteiger partial charge in [0.25, 0.3) is 0 Å². The number of carbonyl (C=O) groups excluding carboxylic acids is 2. The van der Waals surface area contributed by atoms with Crippen molar-refractivity contribution in [1.29, 1.82) is 0 Å². The molecule has 24 heavy (non-hydrogen) atoms. The average molecular weight is 386 g/mol. The standard InChI is InChI=1S/C17H17Cl2NO3S/c1-17(2,9-18)16(22)20-12-8-13(24-14(12)15(21)23-3)10-4-6-11(19)7-5-10/h4-8H,9H2,1-3H3,(H,20,22). The van der Waals surface area contributed by atoms with E-state index in [0.29, 0.717) is 15.6 Å². The SMILES string of the molecule is COC(=O)c1sc(-c2ccc(Cl)cc2)cc1NC(=O)C(C)(C)CCl. The molecule has 2 rings (SSSR count). The van der Waals surface area contributed by atoms with Gasteiger partial charge >= 0.3 is 5.97 Å². The van der Waals surface area contributed by atoms with Crippen LogP contribution in [-0.2, 0) is 9.53 Å². The highest BCUT2D eigenvalue weighted by Gasteiger charge is 2.29. The van der Waals surface area contributed by atoms with E-state index >= 15 is 0 Å². The van der Waals surface area contributed by atoms with Gasteiger partial charge in [0, 0.05) is 15.8 Å². The predicted octanol–water partition coefficient (Wildman–Crippen LogP) is 5.06. The second-order valence-corrected chi connectivity index (χ2v) is 7.58. The highest BCUT2D eigenvalue weighted by molar-refractivity contribution is 7.18. The zero-order chi connectivity index (χ0) is 17.9. The molecule has 1 aromatic carbocycles. The number of alkyl halides is 1. The third-order valence-electron chi connectivity index (χ3n) is 3.43. The maximum absolute atomic E-state index is 12.4. The third kappa shape index (κ3) is 4.09. The summed E-state index contributed by atoms with van der Waals surface area (Å²) >= 11 is 13.0. The molecule has 1 heterocycles. The number of nitrogens with one attached hydrogen (secondary N) is 1. The Morgan fingerprint density at radius 2 is 1.88 bits per heavy atom. The third-order valence-corrected chi connectivity index (χ3v) is 5.51. The molecule has 0 aliphatic rings. The van der Waals surface area contributed by atoms with Crippen molar-refractivity contribution in [2.75, 3.05) is 18.3 Å². The van der Waals surface area contributed by atoms with E-state index < -0.39 is 11.4 Å². The Labute approximate surface area is 154 Å². The van der Waals surface area contributed by atoms with Gasteiger partial charge in [0.2, 0.25) is 5.91 Å². The van der Waals surface area contributed by atoms with E-state index in [1.54, 1.807) is 32.0 Å². The first-order chi connectivity index (χ1) is 11.3. The van der Waals surface area contributed by atoms with Crippen LogP contribution in [0.3, 0.4) is 0 Å². The summed E-state index contributed by atoms with van der Waals surface area (Å²) < 4.78 is 4.81. The molecular weight excluding hydrogens is 369 g/mol. The van der Waals surface area contributed by atoms with Crippen LogP contribution in [0.2, 0.25) is 5.02 Å². The lowest BCUT2D eigenvalue weighted by Gasteiger charge is -2.20. The number of hydrogen-bond acceptors (Lipinski definition) is 4. The average Bonchev–Trinajstić information content (AvgIpc) is 2.98. The lowest BCUT2D eigenvalue weighted by atomic mass is 9.95. The normalized spacial score (nSPS) is 11.2. The van der Waals surface area contributed by atoms with E-state index in [0.717, 1.165) is 10.4 Å². The number of amides is 1. The zero-order valence-electron chi connectivity index (χ0n) is 13.5. The molecule has 128 valence electrons. The van der Waals surface area contributed by atoms with Gasteiger partial charge in [0.15, 0.2) is 0 Å². The Morgan fingerprint density at radius 3 is 2.42 bits per heavy atom. The number of ether oxygens (including phenoxy) is 1.